The second-order valence-corrected chi connectivity index (χ2v) is 8.75. The molecule has 1 aliphatic heterocycles. The summed E-state index contributed by atoms with van der Waals surface area (Å²) in [6, 6.07) is 11.5. The van der Waals surface area contributed by atoms with Crippen molar-refractivity contribution >= 4 is 38.3 Å². The maximum absolute atomic E-state index is 12.9. The second kappa shape index (κ2) is 7.41. The molecule has 8 nitrogen and oxygen atoms in total. The van der Waals surface area contributed by atoms with E-state index in [2.05, 4.69) is 5.32 Å². The number of hydrogen-bond donors (Lipinski definition) is 2. The minimum absolute atomic E-state index is 0.0756. The number of ether oxygens (including phenoxy) is 1. The maximum atomic E-state index is 12.9. The van der Waals surface area contributed by atoms with Crippen molar-refractivity contribution in [3.63, 3.8) is 0 Å². The molecule has 3 aromatic rings. The number of benzene rings is 2. The lowest BCUT2D eigenvalue weighted by Gasteiger charge is -2.18. The van der Waals surface area contributed by atoms with Gasteiger partial charge < -0.3 is 19.6 Å². The quantitative estimate of drug-likeness (QED) is 0.619. The van der Waals surface area contributed by atoms with E-state index in [1.165, 1.54) is 29.6 Å². The molecule has 0 aliphatic carbocycles. The van der Waals surface area contributed by atoms with Crippen molar-refractivity contribution in [1.82, 2.24) is 0 Å². The fourth-order valence-electron chi connectivity index (χ4n) is 3.46. The molecule has 4 rings (SSSR count). The Hall–Kier alpha value is -3.04. The third-order valence-electron chi connectivity index (χ3n) is 4.81. The van der Waals surface area contributed by atoms with Crippen molar-refractivity contribution in [3.8, 4) is 5.75 Å². The minimum Gasteiger partial charge on any atom is -0.506 e. The summed E-state index contributed by atoms with van der Waals surface area (Å²) in [4.78, 5) is 12.9. The lowest BCUT2D eigenvalue weighted by Crippen LogP contribution is -2.25. The number of phenols is 1. The number of nitrogens with one attached hydrogen (secondary N) is 1. The van der Waals surface area contributed by atoms with Crippen molar-refractivity contribution in [2.75, 3.05) is 29.0 Å². The van der Waals surface area contributed by atoms with Crippen molar-refractivity contribution in [3.05, 3.63) is 53.8 Å². The number of sulfonamides is 1. The molecule has 0 atom stereocenters. The molecule has 29 heavy (non-hydrogen) atoms. The zero-order chi connectivity index (χ0) is 20.6. The molecule has 152 valence electrons. The normalized spacial score (nSPS) is 15.7. The third-order valence-corrected chi connectivity index (χ3v) is 6.68. The van der Waals surface area contributed by atoms with Crippen LogP contribution in [0.3, 0.4) is 0 Å². The first kappa shape index (κ1) is 19.3. The number of phenolic OH excluding ortho intramolecular Hbond substituents is 1. The van der Waals surface area contributed by atoms with E-state index in [4.69, 9.17) is 9.15 Å². The predicted octanol–water partition coefficient (Wildman–Crippen LogP) is 3.08. The van der Waals surface area contributed by atoms with Gasteiger partial charge in [-0.15, -0.1) is 0 Å². The number of amides is 1. The molecule has 1 amide bonds. The number of furan rings is 1. The molecular formula is C20H20N2O6S. The van der Waals surface area contributed by atoms with Crippen molar-refractivity contribution < 1.29 is 27.5 Å². The van der Waals surface area contributed by atoms with Gasteiger partial charge in [-0.3, -0.25) is 9.10 Å². The Labute approximate surface area is 167 Å². The van der Waals surface area contributed by atoms with E-state index in [1.807, 2.05) is 12.1 Å². The van der Waals surface area contributed by atoms with Crippen molar-refractivity contribution in [1.29, 1.82) is 0 Å². The van der Waals surface area contributed by atoms with Gasteiger partial charge in [0.1, 0.15) is 11.3 Å². The van der Waals surface area contributed by atoms with Crippen LogP contribution in [0.1, 0.15) is 22.5 Å². The summed E-state index contributed by atoms with van der Waals surface area (Å²) < 4.78 is 36.5. The number of methoxy groups -OCH3 is 1. The Balaban J connectivity index is 1.68. The molecule has 1 fully saturated rings. The SMILES string of the molecule is COCc1c(C(=O)Nc2cc(N3CCCS3(=O)=O)ccc2O)oc2ccccc12. The van der Waals surface area contributed by atoms with Gasteiger partial charge in [0, 0.05) is 24.6 Å². The number of carbonyl (C=O) groups excluding carboxylic acids is 1. The standard InChI is InChI=1S/C20H20N2O6S/c1-27-12-15-14-5-2-3-6-18(14)28-19(15)20(24)21-16-11-13(7-8-17(16)23)22-9-4-10-29(22,25)26/h2-3,5-8,11,23H,4,9-10,12H2,1H3,(H,21,24). The molecule has 1 saturated heterocycles. The van der Waals surface area contributed by atoms with Crippen LogP contribution in [0, 0.1) is 0 Å². The largest absolute Gasteiger partial charge is 0.506 e. The van der Waals surface area contributed by atoms with Gasteiger partial charge >= 0.3 is 0 Å². The summed E-state index contributed by atoms with van der Waals surface area (Å²) in [6.07, 6.45) is 0.532. The molecule has 0 bridgehead atoms. The lowest BCUT2D eigenvalue weighted by molar-refractivity contribution is 0.0991. The fourth-order valence-corrected chi connectivity index (χ4v) is 5.01. The fraction of sp³-hybridized carbons (Fsp3) is 0.250. The summed E-state index contributed by atoms with van der Waals surface area (Å²) >= 11 is 0. The molecule has 0 saturated carbocycles. The molecule has 1 aliphatic rings. The van der Waals surface area contributed by atoms with Gasteiger partial charge in [0.15, 0.2) is 5.76 Å². The average molecular weight is 416 g/mol. The molecule has 2 aromatic carbocycles. The zero-order valence-electron chi connectivity index (χ0n) is 15.7. The first-order valence-electron chi connectivity index (χ1n) is 9.05. The summed E-state index contributed by atoms with van der Waals surface area (Å²) in [5.74, 6) is -0.589. The number of carbonyl (C=O) groups is 1. The van der Waals surface area contributed by atoms with Crippen molar-refractivity contribution in [2.45, 2.75) is 13.0 Å². The monoisotopic (exact) mass is 416 g/mol. The van der Waals surface area contributed by atoms with Crippen LogP contribution >= 0.6 is 0 Å². The minimum atomic E-state index is -3.38. The second-order valence-electron chi connectivity index (χ2n) is 6.74. The molecule has 0 unspecified atom stereocenters. The Kier molecular flexibility index (Phi) is 4.93. The molecule has 2 heterocycles. The number of para-hydroxylation sites is 1. The van der Waals surface area contributed by atoms with E-state index >= 15 is 0 Å². The van der Waals surface area contributed by atoms with Crippen LogP contribution in [0.25, 0.3) is 11.0 Å². The Morgan fingerprint density at radius 1 is 1.28 bits per heavy atom. The zero-order valence-corrected chi connectivity index (χ0v) is 16.5. The first-order chi connectivity index (χ1) is 13.9. The smallest absolute Gasteiger partial charge is 0.291 e. The van der Waals surface area contributed by atoms with Gasteiger partial charge in [-0.1, -0.05) is 18.2 Å². The van der Waals surface area contributed by atoms with Crippen molar-refractivity contribution in [2.24, 2.45) is 0 Å². The van der Waals surface area contributed by atoms with Gasteiger partial charge in [0.05, 0.1) is 23.7 Å². The third kappa shape index (κ3) is 3.54. The summed E-state index contributed by atoms with van der Waals surface area (Å²) in [7, 11) is -1.85. The summed E-state index contributed by atoms with van der Waals surface area (Å²) in [6.45, 7) is 0.542. The number of rotatable bonds is 5. The van der Waals surface area contributed by atoms with Gasteiger partial charge in [-0.2, -0.15) is 0 Å². The highest BCUT2D eigenvalue weighted by atomic mass is 32.2. The number of hydrogen-bond acceptors (Lipinski definition) is 6. The Morgan fingerprint density at radius 2 is 2.07 bits per heavy atom. The number of anilines is 2. The average Bonchev–Trinajstić information content (AvgIpc) is 3.24. The van der Waals surface area contributed by atoms with Crippen LogP contribution in [-0.2, 0) is 21.4 Å². The van der Waals surface area contributed by atoms with E-state index in [-0.39, 0.29) is 29.6 Å². The topological polar surface area (TPSA) is 109 Å². The molecule has 0 spiro atoms. The van der Waals surface area contributed by atoms with Crippen LogP contribution in [0.4, 0.5) is 11.4 Å². The van der Waals surface area contributed by atoms with Crippen LogP contribution in [0.5, 0.6) is 5.75 Å². The van der Waals surface area contributed by atoms with Crippen LogP contribution in [-0.4, -0.2) is 38.8 Å². The highest BCUT2D eigenvalue weighted by molar-refractivity contribution is 7.93. The predicted molar refractivity (Wildman–Crippen MR) is 109 cm³/mol. The molecular weight excluding hydrogens is 396 g/mol. The highest BCUT2D eigenvalue weighted by Gasteiger charge is 2.29. The van der Waals surface area contributed by atoms with Crippen LogP contribution in [0.15, 0.2) is 46.9 Å². The van der Waals surface area contributed by atoms with Crippen LogP contribution < -0.4 is 9.62 Å². The van der Waals surface area contributed by atoms with Crippen LogP contribution in [0.2, 0.25) is 0 Å². The van der Waals surface area contributed by atoms with E-state index < -0.39 is 15.9 Å². The van der Waals surface area contributed by atoms with E-state index in [0.29, 0.717) is 29.8 Å². The van der Waals surface area contributed by atoms with E-state index in [0.717, 1.165) is 5.39 Å². The number of nitrogens with zero attached hydrogens (tertiary/aromatic N) is 1. The number of aromatic hydroxyl groups is 1. The Morgan fingerprint density at radius 3 is 2.79 bits per heavy atom. The van der Waals surface area contributed by atoms with Gasteiger partial charge in [0.2, 0.25) is 10.0 Å². The molecule has 0 radical (unpaired) electrons. The van der Waals surface area contributed by atoms with E-state index in [9.17, 15) is 18.3 Å². The summed E-state index contributed by atoms with van der Waals surface area (Å²) in [5, 5.41) is 13.6. The maximum Gasteiger partial charge on any atom is 0.291 e. The van der Waals surface area contributed by atoms with Gasteiger partial charge in [0.25, 0.3) is 5.91 Å². The molecule has 2 N–H and O–H groups in total. The van der Waals surface area contributed by atoms with E-state index in [1.54, 1.807) is 12.1 Å². The lowest BCUT2D eigenvalue weighted by atomic mass is 10.1. The number of fused-ring (bicyclic) bond motifs is 1. The van der Waals surface area contributed by atoms with Gasteiger partial charge in [-0.05, 0) is 30.7 Å². The van der Waals surface area contributed by atoms with Gasteiger partial charge in [-0.25, -0.2) is 8.42 Å². The Bertz CT molecular complexity index is 1180. The highest BCUT2D eigenvalue weighted by Crippen LogP contribution is 2.33. The first-order valence-corrected chi connectivity index (χ1v) is 10.7. The molecule has 9 heteroatoms. The molecule has 1 aromatic heterocycles. The summed E-state index contributed by atoms with van der Waals surface area (Å²) in [5.41, 5.74) is 1.62.